The summed E-state index contributed by atoms with van der Waals surface area (Å²) in [6.07, 6.45) is 0.880. The maximum absolute atomic E-state index is 11.9. The average molecular weight is 321 g/mol. The minimum atomic E-state index is -0.165. The summed E-state index contributed by atoms with van der Waals surface area (Å²) in [4.78, 5) is 25.1. The number of nitrogens with zero attached hydrogens (tertiary/aromatic N) is 1. The highest BCUT2D eigenvalue weighted by molar-refractivity contribution is 5.91. The van der Waals surface area contributed by atoms with Crippen LogP contribution in [0.1, 0.15) is 34.1 Å². The van der Waals surface area contributed by atoms with Gasteiger partial charge in [0.1, 0.15) is 5.75 Å². The fourth-order valence-electron chi connectivity index (χ4n) is 1.79. The van der Waals surface area contributed by atoms with Crippen molar-refractivity contribution < 1.29 is 14.3 Å². The van der Waals surface area contributed by atoms with Crippen LogP contribution in [0.5, 0.6) is 5.75 Å². The number of nitrogens with one attached hydrogen (secondary N) is 2. The molecule has 6 nitrogen and oxygen atoms in total. The number of carbonyl (C=O) groups is 2. The van der Waals surface area contributed by atoms with E-state index in [1.165, 1.54) is 4.90 Å². The fraction of sp³-hybridized carbons (Fsp3) is 0.529. The lowest BCUT2D eigenvalue weighted by Gasteiger charge is -2.20. The van der Waals surface area contributed by atoms with Crippen molar-refractivity contribution in [2.24, 2.45) is 0 Å². The van der Waals surface area contributed by atoms with Gasteiger partial charge in [-0.2, -0.15) is 0 Å². The summed E-state index contributed by atoms with van der Waals surface area (Å²) in [5, 5.41) is 5.66. The van der Waals surface area contributed by atoms with Gasteiger partial charge in [0.2, 0.25) is 0 Å². The lowest BCUT2D eigenvalue weighted by molar-refractivity contribution is -0.123. The third-order valence-electron chi connectivity index (χ3n) is 3.33. The van der Waals surface area contributed by atoms with E-state index in [9.17, 15) is 9.59 Å². The van der Waals surface area contributed by atoms with Gasteiger partial charge in [-0.1, -0.05) is 6.92 Å². The first-order valence-electron chi connectivity index (χ1n) is 7.90. The Morgan fingerprint density at radius 3 is 2.26 bits per heavy atom. The number of amides is 3. The molecule has 1 rings (SSSR count). The van der Waals surface area contributed by atoms with Gasteiger partial charge in [0.05, 0.1) is 0 Å². The minimum absolute atomic E-state index is 0.0205. The smallest absolute Gasteiger partial charge is 0.321 e. The summed E-state index contributed by atoms with van der Waals surface area (Å²) in [5.41, 5.74) is 0.750. The molecule has 1 aromatic carbocycles. The predicted octanol–water partition coefficient (Wildman–Crippen LogP) is 2.53. The molecule has 23 heavy (non-hydrogen) atoms. The number of carbonyl (C=O) groups excluding carboxylic acids is 2. The Morgan fingerprint density at radius 2 is 1.74 bits per heavy atom. The molecule has 0 spiro atoms. The summed E-state index contributed by atoms with van der Waals surface area (Å²) in [7, 11) is 1.70. The van der Waals surface area contributed by atoms with Gasteiger partial charge in [-0.25, -0.2) is 4.79 Å². The first-order valence-corrected chi connectivity index (χ1v) is 7.90. The van der Waals surface area contributed by atoms with Crippen molar-refractivity contribution in [3.63, 3.8) is 0 Å². The standard InChI is InChI=1S/C17H27N3O3/c1-6-13(4)19-16(21)11-23-15-9-7-14(8-10-15)20(5)17(22)18-12(2)3/h7-10,12-13H,6,11H2,1-5H3,(H,18,22)(H,19,21)/t13-/m0/s1. The van der Waals surface area contributed by atoms with Crippen molar-refractivity contribution in [3.8, 4) is 5.75 Å². The second-order valence-electron chi connectivity index (χ2n) is 5.82. The van der Waals surface area contributed by atoms with Crippen molar-refractivity contribution in [3.05, 3.63) is 24.3 Å². The Bertz CT molecular complexity index is 514. The molecule has 0 bridgehead atoms. The van der Waals surface area contributed by atoms with Gasteiger partial charge in [-0.05, 0) is 51.5 Å². The molecule has 0 aliphatic carbocycles. The molecule has 1 aromatic rings. The zero-order valence-corrected chi connectivity index (χ0v) is 14.6. The van der Waals surface area contributed by atoms with Gasteiger partial charge in [0.25, 0.3) is 5.91 Å². The molecule has 6 heteroatoms. The minimum Gasteiger partial charge on any atom is -0.484 e. The van der Waals surface area contributed by atoms with Crippen LogP contribution in [0.15, 0.2) is 24.3 Å². The van der Waals surface area contributed by atoms with Crippen molar-refractivity contribution >= 4 is 17.6 Å². The van der Waals surface area contributed by atoms with Crippen LogP contribution in [0.3, 0.4) is 0 Å². The van der Waals surface area contributed by atoms with E-state index in [-0.39, 0.29) is 30.6 Å². The highest BCUT2D eigenvalue weighted by atomic mass is 16.5. The number of ether oxygens (including phenoxy) is 1. The molecule has 0 radical (unpaired) electrons. The van der Waals surface area contributed by atoms with Gasteiger partial charge >= 0.3 is 6.03 Å². The van der Waals surface area contributed by atoms with Gasteiger partial charge in [0, 0.05) is 24.8 Å². The molecule has 2 N–H and O–H groups in total. The van der Waals surface area contributed by atoms with Crippen LogP contribution in [-0.2, 0) is 4.79 Å². The molecule has 0 aliphatic rings. The molecular formula is C17H27N3O3. The predicted molar refractivity (Wildman–Crippen MR) is 91.9 cm³/mol. The summed E-state index contributed by atoms with van der Waals surface area (Å²) in [5.74, 6) is 0.447. The normalized spacial score (nSPS) is 11.7. The van der Waals surface area contributed by atoms with Gasteiger partial charge in [-0.3, -0.25) is 9.69 Å². The number of hydrogen-bond donors (Lipinski definition) is 2. The number of anilines is 1. The van der Waals surface area contributed by atoms with Crippen molar-refractivity contribution in [1.29, 1.82) is 0 Å². The average Bonchev–Trinajstić information content (AvgIpc) is 2.51. The first kappa shape index (κ1) is 18.8. The van der Waals surface area contributed by atoms with Crippen LogP contribution in [-0.4, -0.2) is 37.7 Å². The Hall–Kier alpha value is -2.24. The van der Waals surface area contributed by atoms with E-state index < -0.39 is 0 Å². The van der Waals surface area contributed by atoms with Crippen LogP contribution in [0, 0.1) is 0 Å². The largest absolute Gasteiger partial charge is 0.484 e. The molecule has 1 atom stereocenters. The molecule has 0 saturated carbocycles. The zero-order chi connectivity index (χ0) is 17.4. The molecule has 0 saturated heterocycles. The van der Waals surface area contributed by atoms with Crippen LogP contribution in [0.2, 0.25) is 0 Å². The number of urea groups is 1. The lowest BCUT2D eigenvalue weighted by Crippen LogP contribution is -2.40. The number of benzene rings is 1. The van der Waals surface area contributed by atoms with E-state index in [1.54, 1.807) is 31.3 Å². The van der Waals surface area contributed by atoms with E-state index >= 15 is 0 Å². The second kappa shape index (κ2) is 9.02. The molecule has 0 aliphatic heterocycles. The second-order valence-corrected chi connectivity index (χ2v) is 5.82. The number of rotatable bonds is 7. The topological polar surface area (TPSA) is 70.7 Å². The summed E-state index contributed by atoms with van der Waals surface area (Å²) in [6.45, 7) is 7.76. The van der Waals surface area contributed by atoms with Gasteiger partial charge in [-0.15, -0.1) is 0 Å². The molecule has 0 fully saturated rings. The Labute approximate surface area is 138 Å². The van der Waals surface area contributed by atoms with E-state index in [4.69, 9.17) is 4.74 Å². The highest BCUT2D eigenvalue weighted by Crippen LogP contribution is 2.18. The van der Waals surface area contributed by atoms with E-state index in [0.29, 0.717) is 5.75 Å². The third kappa shape index (κ3) is 6.59. The molecule has 0 aromatic heterocycles. The third-order valence-corrected chi connectivity index (χ3v) is 3.33. The maximum atomic E-state index is 11.9. The van der Waals surface area contributed by atoms with Crippen molar-refractivity contribution in [2.45, 2.75) is 46.2 Å². The summed E-state index contributed by atoms with van der Waals surface area (Å²) >= 11 is 0. The lowest BCUT2D eigenvalue weighted by atomic mass is 10.2. The quantitative estimate of drug-likeness (QED) is 0.811. The van der Waals surface area contributed by atoms with Crippen LogP contribution in [0.25, 0.3) is 0 Å². The van der Waals surface area contributed by atoms with Crippen LogP contribution < -0.4 is 20.3 Å². The van der Waals surface area contributed by atoms with Crippen molar-refractivity contribution in [1.82, 2.24) is 10.6 Å². The Morgan fingerprint density at radius 1 is 1.13 bits per heavy atom. The molecule has 0 heterocycles. The van der Waals surface area contributed by atoms with Crippen molar-refractivity contribution in [2.75, 3.05) is 18.6 Å². The fourth-order valence-corrected chi connectivity index (χ4v) is 1.79. The molecule has 128 valence electrons. The number of hydrogen-bond acceptors (Lipinski definition) is 3. The SMILES string of the molecule is CC[C@H](C)NC(=O)COc1ccc(N(C)C(=O)NC(C)C)cc1. The monoisotopic (exact) mass is 321 g/mol. The van der Waals surface area contributed by atoms with Crippen LogP contribution >= 0.6 is 0 Å². The highest BCUT2D eigenvalue weighted by Gasteiger charge is 2.12. The molecular weight excluding hydrogens is 294 g/mol. The Kier molecular flexibility index (Phi) is 7.38. The molecule has 3 amide bonds. The summed E-state index contributed by atoms with van der Waals surface area (Å²) < 4.78 is 5.44. The zero-order valence-electron chi connectivity index (χ0n) is 14.6. The maximum Gasteiger partial charge on any atom is 0.321 e. The van der Waals surface area contributed by atoms with E-state index in [0.717, 1.165) is 12.1 Å². The van der Waals surface area contributed by atoms with Crippen LogP contribution in [0.4, 0.5) is 10.5 Å². The van der Waals surface area contributed by atoms with E-state index in [2.05, 4.69) is 10.6 Å². The van der Waals surface area contributed by atoms with Gasteiger partial charge in [0.15, 0.2) is 6.61 Å². The molecule has 0 unspecified atom stereocenters. The van der Waals surface area contributed by atoms with Gasteiger partial charge < -0.3 is 15.4 Å². The van der Waals surface area contributed by atoms with E-state index in [1.807, 2.05) is 27.7 Å². The Balaban J connectivity index is 2.53. The summed E-state index contributed by atoms with van der Waals surface area (Å²) in [6, 6.07) is 7.10. The first-order chi connectivity index (χ1) is 10.8.